The summed E-state index contributed by atoms with van der Waals surface area (Å²) < 4.78 is 0. The molecule has 0 saturated heterocycles. The fourth-order valence-electron chi connectivity index (χ4n) is 2.00. The molecule has 0 aliphatic rings. The summed E-state index contributed by atoms with van der Waals surface area (Å²) in [4.78, 5) is 13.9. The Hall–Kier alpha value is -1.81. The largest absolute Gasteiger partial charge is 0.396 e. The number of aliphatic hydroxyl groups is 1. The summed E-state index contributed by atoms with van der Waals surface area (Å²) in [6, 6.07) is 7.99. The van der Waals surface area contributed by atoms with E-state index < -0.39 is 0 Å². The van der Waals surface area contributed by atoms with E-state index in [1.165, 1.54) is 6.08 Å². The normalized spacial score (nSPS) is 12.7. The third kappa shape index (κ3) is 6.00. The number of hydrogen-bond donors (Lipinski definition) is 2. The molecule has 0 aliphatic carbocycles. The lowest BCUT2D eigenvalue weighted by Crippen LogP contribution is -2.38. The van der Waals surface area contributed by atoms with Crippen LogP contribution in [0.3, 0.4) is 0 Å². The highest BCUT2D eigenvalue weighted by atomic mass is 16.3. The number of anilines is 1. The maximum atomic E-state index is 11.9. The lowest BCUT2D eigenvalue weighted by molar-refractivity contribution is -0.117. The number of hydrogen-bond acceptors (Lipinski definition) is 3. The van der Waals surface area contributed by atoms with Crippen LogP contribution in [0.5, 0.6) is 0 Å². The van der Waals surface area contributed by atoms with E-state index in [-0.39, 0.29) is 18.6 Å². The molecule has 21 heavy (non-hydrogen) atoms. The number of carbonyl (C=O) groups is 1. The molecule has 0 heterocycles. The van der Waals surface area contributed by atoms with Gasteiger partial charge >= 0.3 is 0 Å². The molecule has 1 aromatic carbocycles. The maximum Gasteiger partial charge on any atom is 0.244 e. The van der Waals surface area contributed by atoms with Crippen LogP contribution >= 0.6 is 0 Å². The van der Waals surface area contributed by atoms with Crippen LogP contribution in [0.2, 0.25) is 0 Å². The molecule has 1 atom stereocenters. The molecule has 1 rings (SSSR count). The highest BCUT2D eigenvalue weighted by Gasteiger charge is 2.13. The van der Waals surface area contributed by atoms with Gasteiger partial charge in [0.2, 0.25) is 5.91 Å². The van der Waals surface area contributed by atoms with Crippen molar-refractivity contribution in [1.29, 1.82) is 0 Å². The zero-order valence-corrected chi connectivity index (χ0v) is 13.3. The number of rotatable bonds is 7. The molecule has 0 spiro atoms. The minimum atomic E-state index is -0.126. The van der Waals surface area contributed by atoms with E-state index in [2.05, 4.69) is 5.32 Å². The number of amides is 1. The second-order valence-electron chi connectivity index (χ2n) is 5.69. The summed E-state index contributed by atoms with van der Waals surface area (Å²) >= 11 is 0. The van der Waals surface area contributed by atoms with Crippen molar-refractivity contribution in [2.75, 3.05) is 25.6 Å². The topological polar surface area (TPSA) is 52.6 Å². The first-order valence-electron chi connectivity index (χ1n) is 7.31. The monoisotopic (exact) mass is 290 g/mol. The van der Waals surface area contributed by atoms with Crippen molar-refractivity contribution >= 4 is 17.7 Å². The van der Waals surface area contributed by atoms with Crippen LogP contribution in [0, 0.1) is 5.92 Å². The number of nitrogens with one attached hydrogen (secondary N) is 1. The number of carbonyl (C=O) groups excluding carboxylic acids is 1. The van der Waals surface area contributed by atoms with E-state index in [4.69, 9.17) is 5.11 Å². The lowest BCUT2D eigenvalue weighted by atomic mass is 10.0. The Morgan fingerprint density at radius 2 is 1.90 bits per heavy atom. The minimum Gasteiger partial charge on any atom is -0.396 e. The van der Waals surface area contributed by atoms with E-state index in [0.29, 0.717) is 12.3 Å². The number of aliphatic hydroxyl groups excluding tert-OH is 1. The van der Waals surface area contributed by atoms with Gasteiger partial charge in [-0.25, -0.2) is 0 Å². The Kier molecular flexibility index (Phi) is 6.96. The van der Waals surface area contributed by atoms with E-state index >= 15 is 0 Å². The summed E-state index contributed by atoms with van der Waals surface area (Å²) in [7, 11) is 3.98. The first-order valence-corrected chi connectivity index (χ1v) is 7.31. The van der Waals surface area contributed by atoms with Gasteiger partial charge in [0.05, 0.1) is 0 Å². The molecule has 4 nitrogen and oxygen atoms in total. The molecular weight excluding hydrogens is 264 g/mol. The van der Waals surface area contributed by atoms with Crippen molar-refractivity contribution in [3.63, 3.8) is 0 Å². The second kappa shape index (κ2) is 8.47. The van der Waals surface area contributed by atoms with Crippen molar-refractivity contribution < 1.29 is 9.90 Å². The van der Waals surface area contributed by atoms with Gasteiger partial charge in [0.25, 0.3) is 0 Å². The van der Waals surface area contributed by atoms with Gasteiger partial charge in [-0.1, -0.05) is 26.0 Å². The summed E-state index contributed by atoms with van der Waals surface area (Å²) in [5.41, 5.74) is 2.11. The molecule has 1 aromatic rings. The third-order valence-corrected chi connectivity index (χ3v) is 3.41. The van der Waals surface area contributed by atoms with Crippen molar-refractivity contribution in [3.05, 3.63) is 35.9 Å². The van der Waals surface area contributed by atoms with Crippen LogP contribution in [0.15, 0.2) is 30.3 Å². The van der Waals surface area contributed by atoms with Crippen LogP contribution in [0.25, 0.3) is 6.08 Å². The van der Waals surface area contributed by atoms with Gasteiger partial charge in [0.15, 0.2) is 0 Å². The Labute approximate surface area is 127 Å². The van der Waals surface area contributed by atoms with Crippen molar-refractivity contribution in [1.82, 2.24) is 5.32 Å². The second-order valence-corrected chi connectivity index (χ2v) is 5.69. The molecule has 2 N–H and O–H groups in total. The summed E-state index contributed by atoms with van der Waals surface area (Å²) in [6.45, 7) is 4.15. The first kappa shape index (κ1) is 17.2. The Morgan fingerprint density at radius 3 is 2.38 bits per heavy atom. The van der Waals surface area contributed by atoms with Crippen molar-refractivity contribution in [2.24, 2.45) is 5.92 Å². The average molecular weight is 290 g/mol. The van der Waals surface area contributed by atoms with Crippen molar-refractivity contribution in [2.45, 2.75) is 26.3 Å². The van der Waals surface area contributed by atoms with E-state index in [9.17, 15) is 4.79 Å². The fraction of sp³-hybridized carbons (Fsp3) is 0.471. The van der Waals surface area contributed by atoms with Crippen LogP contribution in [0.1, 0.15) is 25.8 Å². The quantitative estimate of drug-likeness (QED) is 0.758. The molecule has 1 unspecified atom stereocenters. The minimum absolute atomic E-state index is 0.00302. The first-order chi connectivity index (χ1) is 9.93. The van der Waals surface area contributed by atoms with Crippen LogP contribution in [-0.2, 0) is 4.79 Å². The third-order valence-electron chi connectivity index (χ3n) is 3.41. The predicted octanol–water partition coefficient (Wildman–Crippen LogP) is 2.29. The molecule has 0 fully saturated rings. The Morgan fingerprint density at radius 1 is 1.29 bits per heavy atom. The van der Waals surface area contributed by atoms with Gasteiger partial charge in [0.1, 0.15) is 0 Å². The summed E-state index contributed by atoms with van der Waals surface area (Å²) in [6.07, 6.45) is 3.91. The van der Waals surface area contributed by atoms with Crippen LogP contribution < -0.4 is 10.2 Å². The smallest absolute Gasteiger partial charge is 0.244 e. The van der Waals surface area contributed by atoms with E-state index in [0.717, 1.165) is 11.3 Å². The Bertz CT molecular complexity index is 464. The standard InChI is InChI=1S/C17H26N2O2/c1-13(2)16(11-12-20)18-17(21)10-7-14-5-8-15(9-6-14)19(3)4/h5-10,13,16,20H,11-12H2,1-4H3,(H,18,21)/b10-7+. The van der Waals surface area contributed by atoms with Crippen LogP contribution in [0.4, 0.5) is 5.69 Å². The van der Waals surface area contributed by atoms with Crippen molar-refractivity contribution in [3.8, 4) is 0 Å². The molecule has 116 valence electrons. The van der Waals surface area contributed by atoms with Gasteiger partial charge in [-0.15, -0.1) is 0 Å². The molecule has 4 heteroatoms. The highest BCUT2D eigenvalue weighted by molar-refractivity contribution is 5.91. The Balaban J connectivity index is 2.60. The summed E-state index contributed by atoms with van der Waals surface area (Å²) in [5, 5.41) is 11.9. The van der Waals surface area contributed by atoms with Gasteiger partial charge in [0, 0.05) is 38.5 Å². The zero-order chi connectivity index (χ0) is 15.8. The lowest BCUT2D eigenvalue weighted by Gasteiger charge is -2.20. The summed E-state index contributed by atoms with van der Waals surface area (Å²) in [5.74, 6) is 0.174. The van der Waals surface area contributed by atoms with Crippen LogP contribution in [-0.4, -0.2) is 37.8 Å². The number of nitrogens with zero attached hydrogens (tertiary/aromatic N) is 1. The average Bonchev–Trinajstić information content (AvgIpc) is 2.45. The van der Waals surface area contributed by atoms with E-state index in [1.54, 1.807) is 6.08 Å². The van der Waals surface area contributed by atoms with Gasteiger partial charge in [-0.3, -0.25) is 4.79 Å². The zero-order valence-electron chi connectivity index (χ0n) is 13.3. The van der Waals surface area contributed by atoms with Gasteiger partial charge in [-0.05, 0) is 36.1 Å². The molecule has 0 saturated carbocycles. The fourth-order valence-corrected chi connectivity index (χ4v) is 2.00. The molecule has 0 aromatic heterocycles. The van der Waals surface area contributed by atoms with E-state index in [1.807, 2.05) is 57.1 Å². The van der Waals surface area contributed by atoms with Gasteiger partial charge < -0.3 is 15.3 Å². The highest BCUT2D eigenvalue weighted by Crippen LogP contribution is 2.13. The molecule has 0 bridgehead atoms. The SMILES string of the molecule is CC(C)C(CCO)NC(=O)/C=C/c1ccc(N(C)C)cc1. The molecular formula is C17H26N2O2. The molecule has 0 radical (unpaired) electrons. The molecule has 0 aliphatic heterocycles. The maximum absolute atomic E-state index is 11.9. The van der Waals surface area contributed by atoms with Gasteiger partial charge in [-0.2, -0.15) is 0 Å². The predicted molar refractivity (Wildman–Crippen MR) is 88.3 cm³/mol. The number of benzene rings is 1. The molecule has 1 amide bonds.